The number of Topliss-reactive ketones (excluding diaryl/α,β-unsaturated/α-hetero) is 1. The molecule has 0 aliphatic carbocycles. The van der Waals surface area contributed by atoms with Crippen LogP contribution in [0.15, 0.2) is 42.5 Å². The Hall–Kier alpha value is -2.62. The zero-order valence-corrected chi connectivity index (χ0v) is 13.3. The molecule has 2 rings (SSSR count). The summed E-state index contributed by atoms with van der Waals surface area (Å²) in [6.45, 7) is 3.84. The molecule has 0 atom stereocenters. The van der Waals surface area contributed by atoms with E-state index >= 15 is 0 Å². The molecule has 0 spiro atoms. The number of ketones is 1. The molecule has 0 aromatic heterocycles. The number of carboxylic acids is 1. The van der Waals surface area contributed by atoms with Gasteiger partial charge in [0.15, 0.2) is 5.78 Å². The van der Waals surface area contributed by atoms with Gasteiger partial charge in [-0.05, 0) is 48.2 Å². The normalized spacial score (nSPS) is 10.3. The van der Waals surface area contributed by atoms with E-state index in [0.29, 0.717) is 17.9 Å². The second-order valence-electron chi connectivity index (χ2n) is 5.36. The molecule has 0 fully saturated rings. The molecule has 0 radical (unpaired) electrons. The molecule has 0 heterocycles. The van der Waals surface area contributed by atoms with Crippen LogP contribution in [0.3, 0.4) is 0 Å². The lowest BCUT2D eigenvalue weighted by molar-refractivity contribution is -0.136. The first kappa shape index (κ1) is 16.7. The molecule has 2 aromatic rings. The minimum atomic E-state index is -0.864. The fraction of sp³-hybridized carbons (Fsp3) is 0.263. The maximum absolute atomic E-state index is 11.6. The number of aryl methyl sites for hydroxylation is 1. The van der Waals surface area contributed by atoms with Crippen molar-refractivity contribution in [3.8, 4) is 5.75 Å². The fourth-order valence-electron chi connectivity index (χ4n) is 2.49. The molecule has 0 aliphatic rings. The first-order valence-corrected chi connectivity index (χ1v) is 7.56. The van der Waals surface area contributed by atoms with E-state index < -0.39 is 5.97 Å². The number of aliphatic carboxylic acids is 1. The van der Waals surface area contributed by atoms with Crippen molar-refractivity contribution in [1.29, 1.82) is 0 Å². The number of carboxylic acid groups (broad SMARTS) is 1. The summed E-state index contributed by atoms with van der Waals surface area (Å²) in [6, 6.07) is 12.8. The third kappa shape index (κ3) is 4.42. The first-order chi connectivity index (χ1) is 11.0. The second-order valence-corrected chi connectivity index (χ2v) is 5.36. The zero-order chi connectivity index (χ0) is 16.8. The van der Waals surface area contributed by atoms with Crippen LogP contribution in [0.2, 0.25) is 0 Å². The van der Waals surface area contributed by atoms with Gasteiger partial charge in [0.1, 0.15) is 12.4 Å². The molecule has 0 bridgehead atoms. The summed E-state index contributed by atoms with van der Waals surface area (Å²) in [5.41, 5.74) is 3.26. The second kappa shape index (κ2) is 7.58. The van der Waals surface area contributed by atoms with Gasteiger partial charge in [-0.3, -0.25) is 9.59 Å². The predicted molar refractivity (Wildman–Crippen MR) is 87.9 cm³/mol. The quantitative estimate of drug-likeness (QED) is 0.793. The van der Waals surface area contributed by atoms with Crippen molar-refractivity contribution in [2.45, 2.75) is 33.3 Å². The van der Waals surface area contributed by atoms with Crippen LogP contribution in [0, 0.1) is 0 Å². The molecule has 4 heteroatoms. The van der Waals surface area contributed by atoms with Crippen molar-refractivity contribution >= 4 is 11.8 Å². The van der Waals surface area contributed by atoms with Crippen LogP contribution in [0.25, 0.3) is 0 Å². The Labute approximate surface area is 135 Å². The predicted octanol–water partition coefficient (Wildman–Crippen LogP) is 3.66. The number of benzene rings is 2. The molecule has 0 saturated carbocycles. The Kier molecular flexibility index (Phi) is 5.52. The van der Waals surface area contributed by atoms with Gasteiger partial charge in [-0.1, -0.05) is 31.2 Å². The molecule has 1 N–H and O–H groups in total. The molecule has 0 unspecified atom stereocenters. The largest absolute Gasteiger partial charge is 0.489 e. The number of hydrogen-bond acceptors (Lipinski definition) is 3. The van der Waals surface area contributed by atoms with E-state index in [1.165, 1.54) is 0 Å². The van der Waals surface area contributed by atoms with E-state index in [1.807, 2.05) is 31.2 Å². The van der Waals surface area contributed by atoms with Crippen LogP contribution >= 0.6 is 0 Å². The first-order valence-electron chi connectivity index (χ1n) is 7.56. The molecule has 0 aliphatic heterocycles. The van der Waals surface area contributed by atoms with Crippen LogP contribution in [-0.4, -0.2) is 16.9 Å². The number of carbonyl (C=O) groups is 2. The lowest BCUT2D eigenvalue weighted by atomic mass is 10.0. The summed E-state index contributed by atoms with van der Waals surface area (Å²) in [5.74, 6) is -0.145. The highest BCUT2D eigenvalue weighted by atomic mass is 16.5. The summed E-state index contributed by atoms with van der Waals surface area (Å²) in [7, 11) is 0. The van der Waals surface area contributed by atoms with E-state index in [-0.39, 0.29) is 12.2 Å². The number of hydrogen-bond donors (Lipinski definition) is 1. The van der Waals surface area contributed by atoms with Crippen LogP contribution in [-0.2, 0) is 24.2 Å². The summed E-state index contributed by atoms with van der Waals surface area (Å²) in [6.07, 6.45) is 0.727. The van der Waals surface area contributed by atoms with Gasteiger partial charge in [-0.2, -0.15) is 0 Å². The number of carbonyl (C=O) groups excluding carboxylic acids is 1. The average Bonchev–Trinajstić information content (AvgIpc) is 2.53. The minimum absolute atomic E-state index is 0.0248. The van der Waals surface area contributed by atoms with Gasteiger partial charge < -0.3 is 9.84 Å². The van der Waals surface area contributed by atoms with Crippen molar-refractivity contribution in [3.63, 3.8) is 0 Å². The SMILES string of the molecule is CCc1cc(OCc2ccccc2CC(=O)O)ccc1C(C)=O. The van der Waals surface area contributed by atoms with Crippen LogP contribution < -0.4 is 4.74 Å². The topological polar surface area (TPSA) is 63.6 Å². The van der Waals surface area contributed by atoms with E-state index in [4.69, 9.17) is 9.84 Å². The van der Waals surface area contributed by atoms with Crippen molar-refractivity contribution < 1.29 is 19.4 Å². The van der Waals surface area contributed by atoms with Gasteiger partial charge in [0.05, 0.1) is 6.42 Å². The van der Waals surface area contributed by atoms with Gasteiger partial charge in [0.2, 0.25) is 0 Å². The van der Waals surface area contributed by atoms with E-state index in [0.717, 1.165) is 23.1 Å². The number of rotatable bonds is 7. The fourth-order valence-corrected chi connectivity index (χ4v) is 2.49. The summed E-state index contributed by atoms with van der Waals surface area (Å²) in [5, 5.41) is 8.95. The average molecular weight is 312 g/mol. The van der Waals surface area contributed by atoms with Crippen molar-refractivity contribution in [2.75, 3.05) is 0 Å². The Balaban J connectivity index is 2.15. The standard InChI is InChI=1S/C19H20O4/c1-3-14-10-17(8-9-18(14)13(2)20)23-12-16-7-5-4-6-15(16)11-19(21)22/h4-10H,3,11-12H2,1-2H3,(H,21,22). The van der Waals surface area contributed by atoms with Crippen molar-refractivity contribution in [1.82, 2.24) is 0 Å². The number of ether oxygens (including phenoxy) is 1. The van der Waals surface area contributed by atoms with Gasteiger partial charge >= 0.3 is 5.97 Å². The van der Waals surface area contributed by atoms with Crippen LogP contribution in [0.1, 0.15) is 40.9 Å². The van der Waals surface area contributed by atoms with E-state index in [2.05, 4.69) is 0 Å². The van der Waals surface area contributed by atoms with Gasteiger partial charge in [-0.15, -0.1) is 0 Å². The summed E-state index contributed by atoms with van der Waals surface area (Å²) in [4.78, 5) is 22.5. The molecular formula is C19H20O4. The third-order valence-electron chi connectivity index (χ3n) is 3.69. The Morgan fingerprint density at radius 2 is 1.74 bits per heavy atom. The minimum Gasteiger partial charge on any atom is -0.489 e. The summed E-state index contributed by atoms with van der Waals surface area (Å²) >= 11 is 0. The van der Waals surface area contributed by atoms with Gasteiger partial charge in [0.25, 0.3) is 0 Å². The molecule has 120 valence electrons. The van der Waals surface area contributed by atoms with Crippen LogP contribution in [0.5, 0.6) is 5.75 Å². The highest BCUT2D eigenvalue weighted by molar-refractivity contribution is 5.95. The molecule has 0 saturated heterocycles. The lowest BCUT2D eigenvalue weighted by Crippen LogP contribution is -2.06. The third-order valence-corrected chi connectivity index (χ3v) is 3.69. The highest BCUT2D eigenvalue weighted by Crippen LogP contribution is 2.21. The Bertz CT molecular complexity index is 719. The van der Waals surface area contributed by atoms with Gasteiger partial charge in [0, 0.05) is 5.56 Å². The Morgan fingerprint density at radius 1 is 1.04 bits per heavy atom. The maximum Gasteiger partial charge on any atom is 0.307 e. The summed E-state index contributed by atoms with van der Waals surface area (Å²) < 4.78 is 5.79. The molecule has 0 amide bonds. The van der Waals surface area contributed by atoms with Crippen molar-refractivity contribution in [3.05, 3.63) is 64.7 Å². The van der Waals surface area contributed by atoms with Gasteiger partial charge in [-0.25, -0.2) is 0 Å². The van der Waals surface area contributed by atoms with Crippen LogP contribution in [0.4, 0.5) is 0 Å². The van der Waals surface area contributed by atoms with E-state index in [1.54, 1.807) is 25.1 Å². The monoisotopic (exact) mass is 312 g/mol. The molecule has 4 nitrogen and oxygen atoms in total. The Morgan fingerprint density at radius 3 is 2.35 bits per heavy atom. The smallest absolute Gasteiger partial charge is 0.307 e. The molecule has 23 heavy (non-hydrogen) atoms. The highest BCUT2D eigenvalue weighted by Gasteiger charge is 2.09. The molecule has 2 aromatic carbocycles. The lowest BCUT2D eigenvalue weighted by Gasteiger charge is -2.12. The molecular weight excluding hydrogens is 292 g/mol. The van der Waals surface area contributed by atoms with Crippen molar-refractivity contribution in [2.24, 2.45) is 0 Å². The van der Waals surface area contributed by atoms with E-state index in [9.17, 15) is 9.59 Å². The maximum atomic E-state index is 11.6. The zero-order valence-electron chi connectivity index (χ0n) is 13.3.